The Bertz CT molecular complexity index is 760. The molecular formula is C18H19ClN3OS+. The minimum absolute atomic E-state index is 0.610. The summed E-state index contributed by atoms with van der Waals surface area (Å²) in [5.41, 5.74) is 0.874. The molecular weight excluding hydrogens is 342 g/mol. The summed E-state index contributed by atoms with van der Waals surface area (Å²) in [4.78, 5) is 4.39. The van der Waals surface area contributed by atoms with Crippen LogP contribution >= 0.6 is 23.8 Å². The van der Waals surface area contributed by atoms with Crippen LogP contribution in [0.2, 0.25) is 5.02 Å². The van der Waals surface area contributed by atoms with E-state index in [4.69, 9.17) is 33.5 Å². The number of halogens is 1. The molecule has 2 heterocycles. The topological polar surface area (TPSA) is 44.6 Å². The highest BCUT2D eigenvalue weighted by Crippen LogP contribution is 2.29. The van der Waals surface area contributed by atoms with Gasteiger partial charge in [-0.2, -0.15) is 5.26 Å². The van der Waals surface area contributed by atoms with Crippen LogP contribution in [0.25, 0.3) is 11.3 Å². The van der Waals surface area contributed by atoms with E-state index in [0.717, 1.165) is 49.0 Å². The van der Waals surface area contributed by atoms with Crippen LogP contribution < -0.4 is 4.90 Å². The van der Waals surface area contributed by atoms with Crippen molar-refractivity contribution in [3.63, 3.8) is 0 Å². The lowest BCUT2D eigenvalue weighted by Gasteiger charge is -2.32. The molecule has 1 saturated heterocycles. The second-order valence-corrected chi connectivity index (χ2v) is 6.64. The van der Waals surface area contributed by atoms with Crippen LogP contribution in [0.15, 0.2) is 40.8 Å². The molecule has 0 bridgehead atoms. The standard InChI is InChI=1S/C18H18ClN3OS/c19-15-5-2-1-4-14(15)16-6-7-17(23-16)18(24)22-12-10-21(11-13-22)9-3-8-20/h1-2,4-7H,3,9-13H2/p+1. The number of nitrogens with one attached hydrogen (secondary N) is 1. The fourth-order valence-corrected chi connectivity index (χ4v) is 3.44. The second-order valence-electron chi connectivity index (χ2n) is 5.84. The minimum atomic E-state index is 0.610. The third kappa shape index (κ3) is 3.78. The molecule has 0 aliphatic carbocycles. The van der Waals surface area contributed by atoms with E-state index in [2.05, 4.69) is 11.0 Å². The first-order chi connectivity index (χ1) is 11.7. The van der Waals surface area contributed by atoms with Crippen molar-refractivity contribution in [2.24, 2.45) is 0 Å². The van der Waals surface area contributed by atoms with Crippen molar-refractivity contribution in [3.05, 3.63) is 47.2 Å². The monoisotopic (exact) mass is 360 g/mol. The predicted molar refractivity (Wildman–Crippen MR) is 98.2 cm³/mol. The third-order valence-corrected chi connectivity index (χ3v) is 5.09. The van der Waals surface area contributed by atoms with E-state index in [9.17, 15) is 0 Å². The highest BCUT2D eigenvalue weighted by molar-refractivity contribution is 7.80. The first-order valence-electron chi connectivity index (χ1n) is 8.03. The van der Waals surface area contributed by atoms with Crippen LogP contribution in [0, 0.1) is 11.3 Å². The number of piperazine rings is 1. The van der Waals surface area contributed by atoms with Crippen molar-refractivity contribution in [2.45, 2.75) is 6.42 Å². The van der Waals surface area contributed by atoms with Gasteiger partial charge in [-0.25, -0.2) is 0 Å². The Morgan fingerprint density at radius 2 is 2.00 bits per heavy atom. The maximum absolute atomic E-state index is 8.69. The van der Waals surface area contributed by atoms with Crippen molar-refractivity contribution in [1.82, 2.24) is 4.90 Å². The molecule has 124 valence electrons. The molecule has 4 nitrogen and oxygen atoms in total. The molecule has 6 heteroatoms. The number of rotatable bonds is 4. The van der Waals surface area contributed by atoms with Crippen molar-refractivity contribution >= 4 is 28.8 Å². The first kappa shape index (κ1) is 17.0. The van der Waals surface area contributed by atoms with Crippen LogP contribution in [0.3, 0.4) is 0 Å². The van der Waals surface area contributed by atoms with E-state index in [-0.39, 0.29) is 0 Å². The highest BCUT2D eigenvalue weighted by Gasteiger charge is 2.23. The van der Waals surface area contributed by atoms with Gasteiger partial charge in [0.2, 0.25) is 0 Å². The number of nitrogens with zero attached hydrogens (tertiary/aromatic N) is 2. The molecule has 0 amide bonds. The minimum Gasteiger partial charge on any atom is -0.454 e. The molecule has 0 unspecified atom stereocenters. The summed E-state index contributed by atoms with van der Waals surface area (Å²) >= 11 is 11.8. The van der Waals surface area contributed by atoms with Crippen LogP contribution in [0.5, 0.6) is 0 Å². The van der Waals surface area contributed by atoms with Crippen molar-refractivity contribution in [3.8, 4) is 17.4 Å². The van der Waals surface area contributed by atoms with E-state index in [1.807, 2.05) is 36.4 Å². The zero-order valence-electron chi connectivity index (χ0n) is 13.3. The maximum atomic E-state index is 8.69. The maximum Gasteiger partial charge on any atom is 0.162 e. The molecule has 1 aliphatic heterocycles. The van der Waals surface area contributed by atoms with E-state index in [1.165, 1.54) is 4.90 Å². The predicted octanol–water partition coefficient (Wildman–Crippen LogP) is 2.39. The summed E-state index contributed by atoms with van der Waals surface area (Å²) in [5, 5.41) is 9.35. The van der Waals surface area contributed by atoms with Gasteiger partial charge in [-0.15, -0.1) is 0 Å². The second kappa shape index (κ2) is 7.80. The lowest BCUT2D eigenvalue weighted by Crippen LogP contribution is -3.14. The van der Waals surface area contributed by atoms with Crippen molar-refractivity contribution in [1.29, 1.82) is 5.26 Å². The van der Waals surface area contributed by atoms with Gasteiger partial charge in [0, 0.05) is 5.56 Å². The fourth-order valence-electron chi connectivity index (χ4n) is 2.92. The Morgan fingerprint density at radius 1 is 1.25 bits per heavy atom. The summed E-state index contributed by atoms with van der Waals surface area (Å²) in [5.74, 6) is 1.44. The molecule has 3 rings (SSSR count). The molecule has 1 aromatic heterocycles. The van der Waals surface area contributed by atoms with Gasteiger partial charge in [0.1, 0.15) is 10.7 Å². The van der Waals surface area contributed by atoms with Crippen LogP contribution in [0.4, 0.5) is 0 Å². The lowest BCUT2D eigenvalue weighted by atomic mass is 10.2. The number of hydrogen-bond acceptors (Lipinski definition) is 3. The van der Waals surface area contributed by atoms with Crippen molar-refractivity contribution in [2.75, 3.05) is 32.7 Å². The lowest BCUT2D eigenvalue weighted by molar-refractivity contribution is -0.903. The molecule has 2 aromatic rings. The van der Waals surface area contributed by atoms with Gasteiger partial charge in [0.25, 0.3) is 0 Å². The van der Waals surface area contributed by atoms with Gasteiger partial charge in [0.05, 0.1) is 50.2 Å². The molecule has 0 radical (unpaired) electrons. The third-order valence-electron chi connectivity index (χ3n) is 4.30. The molecule has 24 heavy (non-hydrogen) atoms. The largest absolute Gasteiger partial charge is 0.454 e. The number of thiocarbonyl (C=S) groups is 1. The number of nitriles is 1. The normalized spacial score (nSPS) is 15.2. The molecule has 1 aromatic carbocycles. The van der Waals surface area contributed by atoms with E-state index < -0.39 is 0 Å². The Labute approximate surface area is 152 Å². The average Bonchev–Trinajstić information content (AvgIpc) is 3.10. The zero-order valence-corrected chi connectivity index (χ0v) is 14.9. The number of hydrogen-bond donors (Lipinski definition) is 1. The molecule has 1 aliphatic rings. The molecule has 0 atom stereocenters. The smallest absolute Gasteiger partial charge is 0.162 e. The molecule has 0 spiro atoms. The van der Waals surface area contributed by atoms with E-state index in [1.54, 1.807) is 0 Å². The van der Waals surface area contributed by atoms with Gasteiger partial charge >= 0.3 is 0 Å². The van der Waals surface area contributed by atoms with E-state index >= 15 is 0 Å². The molecule has 0 saturated carbocycles. The Kier molecular flexibility index (Phi) is 5.52. The van der Waals surface area contributed by atoms with Crippen molar-refractivity contribution < 1.29 is 9.32 Å². The zero-order chi connectivity index (χ0) is 16.9. The number of benzene rings is 1. The van der Waals surface area contributed by atoms with Gasteiger partial charge < -0.3 is 14.2 Å². The molecule has 1 fully saturated rings. The SMILES string of the molecule is N#CCC[NH+]1CCN(C(=S)c2ccc(-c3ccccc3Cl)o2)CC1. The fraction of sp³-hybridized carbons (Fsp3) is 0.333. The van der Waals surface area contributed by atoms with Gasteiger partial charge in [-0.05, 0) is 24.3 Å². The number of furan rings is 1. The summed E-state index contributed by atoms with van der Waals surface area (Å²) in [6.07, 6.45) is 0.610. The van der Waals surface area contributed by atoms with Crippen LogP contribution in [-0.4, -0.2) is 42.6 Å². The summed E-state index contributed by atoms with van der Waals surface area (Å²) in [7, 11) is 0. The van der Waals surface area contributed by atoms with Crippen LogP contribution in [0.1, 0.15) is 12.2 Å². The Hall–Kier alpha value is -1.87. The van der Waals surface area contributed by atoms with Gasteiger partial charge in [0.15, 0.2) is 5.76 Å². The average molecular weight is 361 g/mol. The number of quaternary nitrogens is 1. The molecule has 1 N–H and O–H groups in total. The van der Waals surface area contributed by atoms with E-state index in [0.29, 0.717) is 17.2 Å². The Balaban J connectivity index is 1.65. The first-order valence-corrected chi connectivity index (χ1v) is 8.82. The highest BCUT2D eigenvalue weighted by atomic mass is 35.5. The van der Waals surface area contributed by atoms with Gasteiger partial charge in [-0.1, -0.05) is 36.0 Å². The summed E-state index contributed by atoms with van der Waals surface area (Å²) in [6, 6.07) is 13.7. The van der Waals surface area contributed by atoms with Crippen LogP contribution in [-0.2, 0) is 0 Å². The summed E-state index contributed by atoms with van der Waals surface area (Å²) < 4.78 is 5.94. The quantitative estimate of drug-likeness (QED) is 0.850. The van der Waals surface area contributed by atoms with Gasteiger partial charge in [-0.3, -0.25) is 0 Å². The summed E-state index contributed by atoms with van der Waals surface area (Å²) in [6.45, 7) is 4.69. The Morgan fingerprint density at radius 3 is 2.71 bits per heavy atom.